The lowest BCUT2D eigenvalue weighted by atomic mass is 9.96. The molecule has 4 rings (SSSR count). The molecule has 0 radical (unpaired) electrons. The first kappa shape index (κ1) is 27.2. The first-order valence-electron chi connectivity index (χ1n) is 12.3. The average Bonchev–Trinajstić information content (AvgIpc) is 3.27. The number of aryl methyl sites for hydroxylation is 1. The Bertz CT molecular complexity index is 1250. The zero-order chi connectivity index (χ0) is 26.6. The van der Waals surface area contributed by atoms with Gasteiger partial charge in [-0.05, 0) is 85.8 Å². The van der Waals surface area contributed by atoms with Gasteiger partial charge in [-0.3, -0.25) is 14.3 Å². The molecule has 1 aliphatic heterocycles. The van der Waals surface area contributed by atoms with Gasteiger partial charge in [0.25, 0.3) is 5.91 Å². The van der Waals surface area contributed by atoms with Gasteiger partial charge in [0.05, 0.1) is 5.52 Å². The molecule has 0 bridgehead atoms. The van der Waals surface area contributed by atoms with Crippen molar-refractivity contribution in [1.29, 1.82) is 0 Å². The van der Waals surface area contributed by atoms with Crippen LogP contribution in [0.2, 0.25) is 0 Å². The summed E-state index contributed by atoms with van der Waals surface area (Å²) in [7, 11) is 1.63. The number of halogens is 3. The molecule has 0 unspecified atom stereocenters. The lowest BCUT2D eigenvalue weighted by Crippen LogP contribution is -2.39. The van der Waals surface area contributed by atoms with Crippen LogP contribution in [0.4, 0.5) is 13.2 Å². The number of nitrogens with zero attached hydrogens (tertiary/aromatic N) is 3. The maximum absolute atomic E-state index is 12.8. The van der Waals surface area contributed by atoms with Crippen molar-refractivity contribution in [2.24, 2.45) is 5.92 Å². The Morgan fingerprint density at radius 1 is 1.11 bits per heavy atom. The van der Waals surface area contributed by atoms with Gasteiger partial charge in [0.15, 0.2) is 5.78 Å². The molecule has 0 spiro atoms. The lowest BCUT2D eigenvalue weighted by Gasteiger charge is -2.32. The average molecular weight is 534 g/mol. The monoisotopic (exact) mass is 533 g/mol. The Kier molecular flexibility index (Phi) is 8.59. The van der Waals surface area contributed by atoms with Crippen LogP contribution in [-0.2, 0) is 11.3 Å². The number of piperidine rings is 1. The zero-order valence-corrected chi connectivity index (χ0v) is 21.7. The summed E-state index contributed by atoms with van der Waals surface area (Å²) in [4.78, 5) is 27.3. The van der Waals surface area contributed by atoms with Crippen LogP contribution in [0, 0.1) is 12.8 Å². The van der Waals surface area contributed by atoms with Crippen LogP contribution in [0.15, 0.2) is 47.5 Å². The van der Waals surface area contributed by atoms with E-state index in [9.17, 15) is 22.8 Å². The molecule has 1 aliphatic rings. The maximum atomic E-state index is 12.8. The van der Waals surface area contributed by atoms with E-state index >= 15 is 0 Å². The summed E-state index contributed by atoms with van der Waals surface area (Å²) < 4.78 is 44.6. The molecule has 198 valence electrons. The first-order chi connectivity index (χ1) is 17.6. The largest absolute Gasteiger partial charge is 0.446 e. The summed E-state index contributed by atoms with van der Waals surface area (Å²) >= 11 is -0.188. The van der Waals surface area contributed by atoms with Crippen molar-refractivity contribution >= 4 is 34.4 Å². The van der Waals surface area contributed by atoms with Gasteiger partial charge in [-0.1, -0.05) is 0 Å². The summed E-state index contributed by atoms with van der Waals surface area (Å²) in [6, 6.07) is 9.32. The number of fused-ring (bicyclic) bond motifs is 1. The molecule has 2 heterocycles. The second-order valence-electron chi connectivity index (χ2n) is 9.35. The predicted molar refractivity (Wildman–Crippen MR) is 137 cm³/mol. The van der Waals surface area contributed by atoms with E-state index in [4.69, 9.17) is 9.84 Å². The molecular weight excluding hydrogens is 503 g/mol. The minimum absolute atomic E-state index is 0.0622. The second-order valence-corrected chi connectivity index (χ2v) is 10.5. The maximum Gasteiger partial charge on any atom is 0.446 e. The van der Waals surface area contributed by atoms with E-state index in [1.165, 1.54) is 24.3 Å². The van der Waals surface area contributed by atoms with Gasteiger partial charge < -0.3 is 9.64 Å². The molecule has 10 heteroatoms. The molecule has 1 saturated heterocycles. The molecule has 3 aromatic rings. The number of hydrogen-bond donors (Lipinski definition) is 0. The van der Waals surface area contributed by atoms with Crippen LogP contribution in [0.1, 0.15) is 52.0 Å². The van der Waals surface area contributed by atoms with Gasteiger partial charge >= 0.3 is 5.51 Å². The first-order valence-corrected chi connectivity index (χ1v) is 13.1. The Morgan fingerprint density at radius 3 is 2.46 bits per heavy atom. The van der Waals surface area contributed by atoms with Crippen LogP contribution in [0.25, 0.3) is 10.9 Å². The third-order valence-corrected chi connectivity index (χ3v) is 7.48. The molecular formula is C27H30F3N3O3S. The van der Waals surface area contributed by atoms with E-state index in [2.05, 4.69) is 0 Å². The molecule has 0 saturated carbocycles. The summed E-state index contributed by atoms with van der Waals surface area (Å²) in [5, 5.41) is 5.67. The van der Waals surface area contributed by atoms with Gasteiger partial charge in [0, 0.05) is 67.4 Å². The number of carbonyl (C=O) groups is 2. The fourth-order valence-electron chi connectivity index (χ4n) is 4.75. The number of amides is 1. The highest BCUT2D eigenvalue weighted by Gasteiger charge is 2.29. The Hall–Kier alpha value is -2.85. The lowest BCUT2D eigenvalue weighted by molar-refractivity contribution is -0.0328. The minimum atomic E-state index is -4.35. The van der Waals surface area contributed by atoms with Crippen molar-refractivity contribution in [1.82, 2.24) is 14.7 Å². The van der Waals surface area contributed by atoms with E-state index in [-0.39, 0.29) is 28.3 Å². The van der Waals surface area contributed by atoms with Crippen molar-refractivity contribution in [3.8, 4) is 0 Å². The topological polar surface area (TPSA) is 64.4 Å². The number of alkyl halides is 3. The van der Waals surface area contributed by atoms with Crippen LogP contribution < -0.4 is 0 Å². The van der Waals surface area contributed by atoms with Crippen LogP contribution in [0.5, 0.6) is 0 Å². The Balaban J connectivity index is 1.33. The Labute approximate surface area is 218 Å². The number of rotatable bonds is 9. The Morgan fingerprint density at radius 2 is 1.81 bits per heavy atom. The van der Waals surface area contributed by atoms with Crippen molar-refractivity contribution in [3.63, 3.8) is 0 Å². The smallest absolute Gasteiger partial charge is 0.385 e. The SMILES string of the molecule is COCCCC(=O)c1ccc2nn(CC3CCN(C(=O)c4ccc(SC(F)(F)F)cc4)CC3)cc2c1C. The van der Waals surface area contributed by atoms with Crippen molar-refractivity contribution in [2.75, 3.05) is 26.8 Å². The highest BCUT2D eigenvalue weighted by Crippen LogP contribution is 2.36. The fourth-order valence-corrected chi connectivity index (χ4v) is 5.29. The quantitative estimate of drug-likeness (QED) is 0.188. The summed E-state index contributed by atoms with van der Waals surface area (Å²) in [6.07, 6.45) is 4.75. The number of aromatic nitrogens is 2. The van der Waals surface area contributed by atoms with Crippen molar-refractivity contribution < 1.29 is 27.5 Å². The number of benzene rings is 2. The predicted octanol–water partition coefficient (Wildman–Crippen LogP) is 6.12. The molecule has 1 aromatic heterocycles. The van der Waals surface area contributed by atoms with E-state index in [0.717, 1.165) is 41.4 Å². The number of Topliss-reactive ketones (excluding diaryl/α,β-unsaturated/α-hetero) is 1. The van der Waals surface area contributed by atoms with E-state index in [1.54, 1.807) is 12.0 Å². The van der Waals surface area contributed by atoms with Gasteiger partial charge in [-0.15, -0.1) is 0 Å². The number of methoxy groups -OCH3 is 1. The van der Waals surface area contributed by atoms with E-state index < -0.39 is 5.51 Å². The third kappa shape index (κ3) is 6.93. The van der Waals surface area contributed by atoms with E-state index in [1.807, 2.05) is 29.9 Å². The molecule has 37 heavy (non-hydrogen) atoms. The van der Waals surface area contributed by atoms with Gasteiger partial charge in [0.2, 0.25) is 0 Å². The van der Waals surface area contributed by atoms with Crippen LogP contribution in [-0.4, -0.2) is 58.7 Å². The molecule has 0 aliphatic carbocycles. The molecule has 2 aromatic carbocycles. The van der Waals surface area contributed by atoms with Gasteiger partial charge in [0.1, 0.15) is 0 Å². The standard InChI is InChI=1S/C27H30F3N3O3S/c1-18-22(25(34)4-3-15-36-2)9-10-24-23(18)17-33(31-24)16-19-11-13-32(14-12-19)26(35)20-5-7-21(8-6-20)37-27(28,29)30/h5-10,17,19H,3-4,11-16H2,1-2H3. The molecule has 0 atom stereocenters. The number of likely N-dealkylation sites (tertiary alicyclic amines) is 1. The van der Waals surface area contributed by atoms with Crippen molar-refractivity contribution in [2.45, 2.75) is 49.6 Å². The number of ketones is 1. The van der Waals surface area contributed by atoms with Gasteiger partial charge in [-0.25, -0.2) is 0 Å². The van der Waals surface area contributed by atoms with Crippen LogP contribution >= 0.6 is 11.8 Å². The normalized spacial score (nSPS) is 14.9. The number of carbonyl (C=O) groups excluding carboxylic acids is 2. The minimum Gasteiger partial charge on any atom is -0.385 e. The molecule has 6 nitrogen and oxygen atoms in total. The highest BCUT2D eigenvalue weighted by molar-refractivity contribution is 8.00. The molecule has 1 amide bonds. The highest BCUT2D eigenvalue weighted by atomic mass is 32.2. The fraction of sp³-hybridized carbons (Fsp3) is 0.444. The van der Waals surface area contributed by atoms with Gasteiger partial charge in [-0.2, -0.15) is 18.3 Å². The van der Waals surface area contributed by atoms with E-state index in [0.29, 0.717) is 44.0 Å². The molecule has 0 N–H and O–H groups in total. The summed E-state index contributed by atoms with van der Waals surface area (Å²) in [5.74, 6) is 0.291. The van der Waals surface area contributed by atoms with Crippen molar-refractivity contribution in [3.05, 3.63) is 59.3 Å². The zero-order valence-electron chi connectivity index (χ0n) is 20.9. The third-order valence-electron chi connectivity index (χ3n) is 6.74. The second kappa shape index (κ2) is 11.7. The number of thioether (sulfide) groups is 1. The molecule has 1 fully saturated rings. The number of ether oxygens (including phenoxy) is 1. The number of hydrogen-bond acceptors (Lipinski definition) is 5. The summed E-state index contributed by atoms with van der Waals surface area (Å²) in [6.45, 7) is 4.40. The van der Waals surface area contributed by atoms with Crippen LogP contribution in [0.3, 0.4) is 0 Å². The summed E-state index contributed by atoms with van der Waals surface area (Å²) in [5.41, 5.74) is -1.45.